The normalized spacial score (nSPS) is 11.9. The van der Waals surface area contributed by atoms with Crippen molar-refractivity contribution in [2.45, 2.75) is 6.54 Å². The van der Waals surface area contributed by atoms with Crippen molar-refractivity contribution >= 4 is 39.1 Å². The Kier molecular flexibility index (Phi) is 5.53. The summed E-state index contributed by atoms with van der Waals surface area (Å²) in [7, 11) is 3.27. The van der Waals surface area contributed by atoms with Gasteiger partial charge in [0, 0.05) is 24.2 Å². The minimum atomic E-state index is -0.304. The van der Waals surface area contributed by atoms with Gasteiger partial charge in [0.2, 0.25) is 0 Å². The quantitative estimate of drug-likeness (QED) is 0.681. The molecule has 1 heterocycles. The molecule has 7 heteroatoms. The van der Waals surface area contributed by atoms with Crippen LogP contribution in [0.1, 0.15) is 10.4 Å². The maximum Gasteiger partial charge on any atom is 0.279 e. The van der Waals surface area contributed by atoms with Crippen LogP contribution < -0.4 is 9.54 Å². The highest BCUT2D eigenvalue weighted by atomic mass is 35.5. The van der Waals surface area contributed by atoms with Gasteiger partial charge in [0.15, 0.2) is 4.80 Å². The number of halogens is 1. The summed E-state index contributed by atoms with van der Waals surface area (Å²) in [6.07, 6.45) is 0. The second-order valence-corrected chi connectivity index (χ2v) is 6.73. The van der Waals surface area contributed by atoms with Gasteiger partial charge in [-0.05, 0) is 42.5 Å². The molecule has 0 N–H and O–H groups in total. The lowest BCUT2D eigenvalue weighted by molar-refractivity contribution is 0.0997. The first-order chi connectivity index (χ1) is 12.1. The minimum Gasteiger partial charge on any atom is -0.497 e. The number of hydrogen-bond donors (Lipinski definition) is 0. The van der Waals surface area contributed by atoms with E-state index < -0.39 is 0 Å². The van der Waals surface area contributed by atoms with Crippen molar-refractivity contribution in [3.8, 4) is 5.75 Å². The van der Waals surface area contributed by atoms with Crippen LogP contribution in [0.2, 0.25) is 5.02 Å². The summed E-state index contributed by atoms with van der Waals surface area (Å²) < 4.78 is 13.4. The van der Waals surface area contributed by atoms with Crippen LogP contribution in [-0.4, -0.2) is 31.3 Å². The predicted molar refractivity (Wildman–Crippen MR) is 99.6 cm³/mol. The molecule has 3 aromatic rings. The van der Waals surface area contributed by atoms with Crippen LogP contribution in [-0.2, 0) is 11.3 Å². The van der Waals surface area contributed by atoms with Crippen LogP contribution in [0.5, 0.6) is 5.75 Å². The van der Waals surface area contributed by atoms with Gasteiger partial charge in [-0.15, -0.1) is 0 Å². The molecule has 0 unspecified atom stereocenters. The number of carbonyl (C=O) groups excluding carboxylic acids is 1. The summed E-state index contributed by atoms with van der Waals surface area (Å²) in [5.74, 6) is 0.463. The zero-order valence-corrected chi connectivity index (χ0v) is 15.4. The molecule has 3 rings (SSSR count). The highest BCUT2D eigenvalue weighted by Crippen LogP contribution is 2.23. The fraction of sp³-hybridized carbons (Fsp3) is 0.222. The Morgan fingerprint density at radius 1 is 1.20 bits per heavy atom. The molecule has 0 bridgehead atoms. The minimum absolute atomic E-state index is 0.304. The van der Waals surface area contributed by atoms with Gasteiger partial charge in [0.1, 0.15) is 5.75 Å². The third-order valence-electron chi connectivity index (χ3n) is 3.70. The molecule has 0 aliphatic heterocycles. The number of fused-ring (bicyclic) bond motifs is 1. The third kappa shape index (κ3) is 3.92. The first-order valence-electron chi connectivity index (χ1n) is 7.63. The number of benzene rings is 2. The highest BCUT2D eigenvalue weighted by molar-refractivity contribution is 7.16. The summed E-state index contributed by atoms with van der Waals surface area (Å²) in [4.78, 5) is 17.4. The van der Waals surface area contributed by atoms with Gasteiger partial charge in [-0.3, -0.25) is 4.79 Å². The number of ether oxygens (including phenoxy) is 2. The first-order valence-corrected chi connectivity index (χ1v) is 8.83. The summed E-state index contributed by atoms with van der Waals surface area (Å²) in [5.41, 5.74) is 1.49. The van der Waals surface area contributed by atoms with Crippen LogP contribution in [0.25, 0.3) is 10.2 Å². The molecule has 0 saturated heterocycles. The van der Waals surface area contributed by atoms with Gasteiger partial charge in [-0.1, -0.05) is 22.9 Å². The van der Waals surface area contributed by atoms with Gasteiger partial charge in [-0.2, -0.15) is 4.99 Å². The van der Waals surface area contributed by atoms with Crippen LogP contribution >= 0.6 is 22.9 Å². The molecule has 25 heavy (non-hydrogen) atoms. The highest BCUT2D eigenvalue weighted by Gasteiger charge is 2.10. The van der Waals surface area contributed by atoms with Crippen LogP contribution in [0, 0.1) is 0 Å². The van der Waals surface area contributed by atoms with E-state index in [1.165, 1.54) is 11.3 Å². The Bertz CT molecular complexity index is 961. The molecule has 0 saturated carbocycles. The molecule has 130 valence electrons. The number of methoxy groups -OCH3 is 2. The molecule has 2 aromatic carbocycles. The Balaban J connectivity index is 2.09. The van der Waals surface area contributed by atoms with Crippen LogP contribution in [0.3, 0.4) is 0 Å². The van der Waals surface area contributed by atoms with Gasteiger partial charge >= 0.3 is 0 Å². The number of aromatic nitrogens is 1. The molecule has 0 atom stereocenters. The van der Waals surface area contributed by atoms with Crippen molar-refractivity contribution in [2.75, 3.05) is 20.8 Å². The van der Waals surface area contributed by atoms with Gasteiger partial charge in [-0.25, -0.2) is 0 Å². The van der Waals surface area contributed by atoms with E-state index in [-0.39, 0.29) is 5.91 Å². The lowest BCUT2D eigenvalue weighted by Gasteiger charge is -2.05. The predicted octanol–water partition coefficient (Wildman–Crippen LogP) is 3.75. The number of amides is 1. The number of thiazole rings is 1. The monoisotopic (exact) mass is 376 g/mol. The van der Waals surface area contributed by atoms with E-state index in [4.69, 9.17) is 21.1 Å². The molecule has 5 nitrogen and oxygen atoms in total. The standard InChI is InChI=1S/C18H17ClN2O3S/c1-23-10-9-21-15-8-7-14(24-2)11-16(15)25-18(21)20-17(22)12-3-5-13(19)6-4-12/h3-8,11H,9-10H2,1-2H3. The van der Waals surface area contributed by atoms with Crippen molar-refractivity contribution in [1.82, 2.24) is 4.57 Å². The van der Waals surface area contributed by atoms with E-state index in [0.717, 1.165) is 16.0 Å². The molecule has 0 aliphatic carbocycles. The van der Waals surface area contributed by atoms with Crippen LogP contribution in [0.15, 0.2) is 47.5 Å². The van der Waals surface area contributed by atoms with E-state index >= 15 is 0 Å². The fourth-order valence-electron chi connectivity index (χ4n) is 2.41. The molecule has 1 amide bonds. The zero-order valence-electron chi connectivity index (χ0n) is 13.9. The Labute approximate surface area is 154 Å². The second-order valence-electron chi connectivity index (χ2n) is 5.29. The maximum absolute atomic E-state index is 12.5. The Morgan fingerprint density at radius 3 is 2.64 bits per heavy atom. The molecular formula is C18H17ClN2O3S. The van der Waals surface area contributed by atoms with E-state index in [1.54, 1.807) is 38.5 Å². The summed E-state index contributed by atoms with van der Waals surface area (Å²) in [6, 6.07) is 12.5. The molecule has 1 aromatic heterocycles. The van der Waals surface area contributed by atoms with E-state index in [0.29, 0.717) is 28.5 Å². The maximum atomic E-state index is 12.5. The van der Waals surface area contributed by atoms with E-state index in [1.807, 2.05) is 22.8 Å². The fourth-order valence-corrected chi connectivity index (χ4v) is 3.62. The van der Waals surface area contributed by atoms with E-state index in [9.17, 15) is 4.79 Å². The lowest BCUT2D eigenvalue weighted by Crippen LogP contribution is -2.19. The SMILES string of the molecule is COCCn1c(=NC(=O)c2ccc(Cl)cc2)sc2cc(OC)ccc21. The Morgan fingerprint density at radius 2 is 1.96 bits per heavy atom. The zero-order chi connectivity index (χ0) is 17.8. The van der Waals surface area contributed by atoms with Gasteiger partial charge in [0.25, 0.3) is 5.91 Å². The number of nitrogens with zero attached hydrogens (tertiary/aromatic N) is 2. The third-order valence-corrected chi connectivity index (χ3v) is 4.99. The van der Waals surface area contributed by atoms with Crippen molar-refractivity contribution in [2.24, 2.45) is 4.99 Å². The number of rotatable bonds is 5. The average Bonchev–Trinajstić information content (AvgIpc) is 2.96. The molecular weight excluding hydrogens is 360 g/mol. The first kappa shape index (κ1) is 17.7. The van der Waals surface area contributed by atoms with Gasteiger partial charge in [0.05, 0.1) is 23.9 Å². The summed E-state index contributed by atoms with van der Waals surface area (Å²) in [6.45, 7) is 1.13. The smallest absolute Gasteiger partial charge is 0.279 e. The van der Waals surface area contributed by atoms with E-state index in [2.05, 4.69) is 4.99 Å². The number of carbonyl (C=O) groups is 1. The number of hydrogen-bond acceptors (Lipinski definition) is 4. The molecule has 0 spiro atoms. The molecule has 0 aliphatic rings. The summed E-state index contributed by atoms with van der Waals surface area (Å²) in [5, 5.41) is 0.584. The molecule has 0 fully saturated rings. The van der Waals surface area contributed by atoms with Crippen LogP contribution in [0.4, 0.5) is 0 Å². The second kappa shape index (κ2) is 7.82. The Hall–Kier alpha value is -2.15. The van der Waals surface area contributed by atoms with Crippen molar-refractivity contribution < 1.29 is 14.3 Å². The lowest BCUT2D eigenvalue weighted by atomic mass is 10.2. The van der Waals surface area contributed by atoms with Crippen molar-refractivity contribution in [3.63, 3.8) is 0 Å². The molecule has 0 radical (unpaired) electrons. The largest absolute Gasteiger partial charge is 0.497 e. The van der Waals surface area contributed by atoms with Gasteiger partial charge < -0.3 is 14.0 Å². The average molecular weight is 377 g/mol. The topological polar surface area (TPSA) is 52.8 Å². The van der Waals surface area contributed by atoms with Crippen molar-refractivity contribution in [1.29, 1.82) is 0 Å². The van der Waals surface area contributed by atoms with Crippen molar-refractivity contribution in [3.05, 3.63) is 57.9 Å². The summed E-state index contributed by atoms with van der Waals surface area (Å²) >= 11 is 7.32.